The molecular weight excluding hydrogens is 438 g/mol. The molecule has 2 aromatic heterocycles. The fourth-order valence-corrected chi connectivity index (χ4v) is 3.92. The number of carbonyl (C=O) groups is 2. The summed E-state index contributed by atoms with van der Waals surface area (Å²) in [5.74, 6) is -0.117. The maximum Gasteiger partial charge on any atom is 0.349 e. The zero-order chi connectivity index (χ0) is 22.7. The first kappa shape index (κ1) is 21.2. The molecule has 0 unspecified atom stereocenters. The summed E-state index contributed by atoms with van der Waals surface area (Å²) in [5.41, 5.74) is 1.49. The Kier molecular flexibility index (Phi) is 5.99. The number of benzene rings is 1. The van der Waals surface area contributed by atoms with Crippen LogP contribution in [0.1, 0.15) is 33.5 Å². The molecule has 1 aromatic carbocycles. The molecule has 1 amide bonds. The number of amides is 1. The predicted octanol–water partition coefficient (Wildman–Crippen LogP) is 3.79. The number of thiophene rings is 1. The van der Waals surface area contributed by atoms with Gasteiger partial charge in [-0.2, -0.15) is 5.10 Å². The molecule has 10 nitrogen and oxygen atoms in total. The molecule has 1 aliphatic heterocycles. The number of nitro groups is 1. The molecule has 4 rings (SSSR count). The summed E-state index contributed by atoms with van der Waals surface area (Å²) in [6.45, 7) is -0.568. The summed E-state index contributed by atoms with van der Waals surface area (Å²) in [6.07, 6.45) is 1.92. The van der Waals surface area contributed by atoms with Gasteiger partial charge in [0.15, 0.2) is 6.61 Å². The van der Waals surface area contributed by atoms with Crippen molar-refractivity contribution in [2.24, 2.45) is 5.10 Å². The van der Waals surface area contributed by atoms with Gasteiger partial charge in [0.2, 0.25) is 0 Å². The van der Waals surface area contributed by atoms with E-state index in [0.29, 0.717) is 35.0 Å². The minimum Gasteiger partial charge on any atom is -0.497 e. The standard InChI is InChI=1S/C21H17N3O7S/c1-29-14-6-4-13(5-7-14)15-11-16(17-3-2-10-30-17)23(22-15)19(25)12-31-21(26)18-8-9-20(32-18)24(27)28/h2-10,16H,11-12H2,1H3/t16-/m0/s1. The topological polar surface area (TPSA) is 124 Å². The third kappa shape index (κ3) is 4.37. The van der Waals surface area contributed by atoms with E-state index < -0.39 is 29.4 Å². The Morgan fingerprint density at radius 1 is 1.25 bits per heavy atom. The van der Waals surface area contributed by atoms with E-state index in [4.69, 9.17) is 13.9 Å². The number of hydrogen-bond donors (Lipinski definition) is 0. The van der Waals surface area contributed by atoms with Gasteiger partial charge in [-0.05, 0) is 48.0 Å². The smallest absolute Gasteiger partial charge is 0.349 e. The van der Waals surface area contributed by atoms with E-state index in [9.17, 15) is 19.7 Å². The highest BCUT2D eigenvalue weighted by molar-refractivity contribution is 7.17. The highest BCUT2D eigenvalue weighted by Gasteiger charge is 2.35. The Bertz CT molecular complexity index is 1170. The molecule has 11 heteroatoms. The molecule has 164 valence electrons. The first-order valence-electron chi connectivity index (χ1n) is 9.45. The summed E-state index contributed by atoms with van der Waals surface area (Å²) < 4.78 is 15.7. The second-order valence-electron chi connectivity index (χ2n) is 6.72. The number of esters is 1. The molecule has 1 aliphatic rings. The Morgan fingerprint density at radius 2 is 2.03 bits per heavy atom. The monoisotopic (exact) mass is 455 g/mol. The van der Waals surface area contributed by atoms with Crippen LogP contribution in [0.15, 0.2) is 64.3 Å². The molecule has 0 N–H and O–H groups in total. The molecule has 3 heterocycles. The van der Waals surface area contributed by atoms with Gasteiger partial charge in [-0.3, -0.25) is 14.9 Å². The Labute approximate surface area is 185 Å². The molecule has 0 spiro atoms. The summed E-state index contributed by atoms with van der Waals surface area (Å²) >= 11 is 0.681. The van der Waals surface area contributed by atoms with Gasteiger partial charge in [0.05, 0.1) is 24.0 Å². The number of furan rings is 1. The maximum absolute atomic E-state index is 12.9. The minimum atomic E-state index is -0.815. The van der Waals surface area contributed by atoms with E-state index in [1.165, 1.54) is 23.4 Å². The fourth-order valence-electron chi connectivity index (χ4n) is 3.20. The molecular formula is C21H17N3O7S. The minimum absolute atomic E-state index is 0.0379. The van der Waals surface area contributed by atoms with Crippen molar-refractivity contribution in [3.05, 3.63) is 81.1 Å². The molecule has 0 saturated carbocycles. The van der Waals surface area contributed by atoms with Crippen LogP contribution in [0.5, 0.6) is 5.75 Å². The van der Waals surface area contributed by atoms with E-state index in [-0.39, 0.29) is 9.88 Å². The SMILES string of the molecule is COc1ccc(C2=NN(C(=O)COC(=O)c3ccc([N+](=O)[O-])s3)[C@H](c3ccco3)C2)cc1. The first-order chi connectivity index (χ1) is 15.5. The van der Waals surface area contributed by atoms with Gasteiger partial charge in [-0.25, -0.2) is 9.80 Å². The second-order valence-corrected chi connectivity index (χ2v) is 7.78. The number of nitrogens with zero attached hydrogens (tertiary/aromatic N) is 3. The summed E-state index contributed by atoms with van der Waals surface area (Å²) in [5, 5.41) is 16.3. The van der Waals surface area contributed by atoms with Crippen molar-refractivity contribution in [1.29, 1.82) is 0 Å². The van der Waals surface area contributed by atoms with Crippen molar-refractivity contribution in [1.82, 2.24) is 5.01 Å². The number of methoxy groups -OCH3 is 1. The van der Waals surface area contributed by atoms with Crippen LogP contribution >= 0.6 is 11.3 Å². The normalized spacial score (nSPS) is 15.3. The molecule has 0 bridgehead atoms. The van der Waals surface area contributed by atoms with E-state index in [0.717, 1.165) is 5.56 Å². The lowest BCUT2D eigenvalue weighted by molar-refractivity contribution is -0.380. The molecule has 0 fully saturated rings. The van der Waals surface area contributed by atoms with Crippen LogP contribution in [-0.2, 0) is 9.53 Å². The lowest BCUT2D eigenvalue weighted by Gasteiger charge is -2.19. The number of rotatable bonds is 7. The fraction of sp³-hybridized carbons (Fsp3) is 0.190. The van der Waals surface area contributed by atoms with E-state index in [2.05, 4.69) is 5.10 Å². The average Bonchev–Trinajstić information content (AvgIpc) is 3.56. The van der Waals surface area contributed by atoms with Gasteiger partial charge in [0.1, 0.15) is 22.4 Å². The molecule has 0 aliphatic carbocycles. The van der Waals surface area contributed by atoms with Crippen molar-refractivity contribution < 1.29 is 28.4 Å². The van der Waals surface area contributed by atoms with Crippen LogP contribution in [0.4, 0.5) is 5.00 Å². The van der Waals surface area contributed by atoms with E-state index in [1.807, 2.05) is 12.1 Å². The third-order valence-corrected chi connectivity index (χ3v) is 5.78. The first-order valence-corrected chi connectivity index (χ1v) is 10.3. The predicted molar refractivity (Wildman–Crippen MR) is 114 cm³/mol. The van der Waals surface area contributed by atoms with E-state index >= 15 is 0 Å². The van der Waals surface area contributed by atoms with Crippen molar-refractivity contribution in [3.63, 3.8) is 0 Å². The van der Waals surface area contributed by atoms with Crippen LogP contribution < -0.4 is 4.74 Å². The summed E-state index contributed by atoms with van der Waals surface area (Å²) in [4.78, 5) is 35.3. The molecule has 0 saturated heterocycles. The van der Waals surface area contributed by atoms with Crippen molar-refractivity contribution >= 4 is 33.9 Å². The highest BCUT2D eigenvalue weighted by atomic mass is 32.1. The average molecular weight is 455 g/mol. The Hall–Kier alpha value is -3.99. The largest absolute Gasteiger partial charge is 0.497 e. The van der Waals surface area contributed by atoms with Gasteiger partial charge < -0.3 is 13.9 Å². The molecule has 0 radical (unpaired) electrons. The van der Waals surface area contributed by atoms with E-state index in [1.54, 1.807) is 31.4 Å². The van der Waals surface area contributed by atoms with Crippen LogP contribution in [0.25, 0.3) is 0 Å². The lowest BCUT2D eigenvalue weighted by Crippen LogP contribution is -2.31. The lowest BCUT2D eigenvalue weighted by atomic mass is 10.0. The summed E-state index contributed by atoms with van der Waals surface area (Å²) in [7, 11) is 1.57. The number of carbonyl (C=O) groups excluding carboxylic acids is 2. The molecule has 1 atom stereocenters. The third-order valence-electron chi connectivity index (χ3n) is 4.76. The quantitative estimate of drug-likeness (QED) is 0.301. The van der Waals surface area contributed by atoms with Crippen LogP contribution in [-0.4, -0.2) is 41.2 Å². The summed E-state index contributed by atoms with van der Waals surface area (Å²) in [6, 6.07) is 12.7. The zero-order valence-corrected chi connectivity index (χ0v) is 17.6. The van der Waals surface area contributed by atoms with Gasteiger partial charge >= 0.3 is 11.0 Å². The number of hydrogen-bond acceptors (Lipinski definition) is 9. The van der Waals surface area contributed by atoms with Crippen LogP contribution in [0.2, 0.25) is 0 Å². The van der Waals surface area contributed by atoms with Gasteiger partial charge in [0, 0.05) is 12.5 Å². The highest BCUT2D eigenvalue weighted by Crippen LogP contribution is 2.33. The van der Waals surface area contributed by atoms with Crippen LogP contribution in [0, 0.1) is 10.1 Å². The van der Waals surface area contributed by atoms with Crippen molar-refractivity contribution in [2.45, 2.75) is 12.5 Å². The molecule has 3 aromatic rings. The number of hydrazone groups is 1. The maximum atomic E-state index is 12.9. The molecule has 32 heavy (non-hydrogen) atoms. The Balaban J connectivity index is 1.49. The van der Waals surface area contributed by atoms with Gasteiger partial charge in [0.25, 0.3) is 5.91 Å². The number of ether oxygens (including phenoxy) is 2. The second kappa shape index (κ2) is 9.02. The zero-order valence-electron chi connectivity index (χ0n) is 16.8. The Morgan fingerprint density at radius 3 is 2.66 bits per heavy atom. The van der Waals surface area contributed by atoms with Gasteiger partial charge in [-0.1, -0.05) is 11.3 Å². The van der Waals surface area contributed by atoms with Gasteiger partial charge in [-0.15, -0.1) is 0 Å². The van der Waals surface area contributed by atoms with Crippen molar-refractivity contribution in [2.75, 3.05) is 13.7 Å². The van der Waals surface area contributed by atoms with Crippen molar-refractivity contribution in [3.8, 4) is 5.75 Å². The van der Waals surface area contributed by atoms with Crippen LogP contribution in [0.3, 0.4) is 0 Å².